The Morgan fingerprint density at radius 2 is 2.00 bits per heavy atom. The highest BCUT2D eigenvalue weighted by molar-refractivity contribution is 5.83. The van der Waals surface area contributed by atoms with Crippen LogP contribution in [-0.2, 0) is 9.53 Å². The number of primary amides is 1. The number of hydrogen-bond donors (Lipinski definition) is 2. The van der Waals surface area contributed by atoms with Crippen molar-refractivity contribution < 1.29 is 14.3 Å². The molecule has 1 atom stereocenters. The number of nitrogens with one attached hydrogen (secondary N) is 1. The Morgan fingerprint density at radius 3 is 2.53 bits per heavy atom. The van der Waals surface area contributed by atoms with Gasteiger partial charge in [0.25, 0.3) is 0 Å². The van der Waals surface area contributed by atoms with Gasteiger partial charge >= 0.3 is 0 Å². The second kappa shape index (κ2) is 6.43. The van der Waals surface area contributed by atoms with Crippen molar-refractivity contribution in [1.29, 1.82) is 0 Å². The van der Waals surface area contributed by atoms with E-state index in [4.69, 9.17) is 15.2 Å². The van der Waals surface area contributed by atoms with Gasteiger partial charge in [0.1, 0.15) is 11.8 Å². The molecule has 0 heterocycles. The van der Waals surface area contributed by atoms with Crippen LogP contribution < -0.4 is 15.8 Å². The third-order valence-electron chi connectivity index (χ3n) is 3.03. The molecule has 19 heavy (non-hydrogen) atoms. The highest BCUT2D eigenvalue weighted by atomic mass is 16.5. The van der Waals surface area contributed by atoms with E-state index < -0.39 is 17.6 Å². The highest BCUT2D eigenvalue weighted by Crippen LogP contribution is 2.26. The SMILES string of the molecule is COc1ccccc1NC(CC(C)(C)OC)C(N)=O. The Kier molecular flexibility index (Phi) is 5.18. The van der Waals surface area contributed by atoms with Gasteiger partial charge in [0.15, 0.2) is 0 Å². The van der Waals surface area contributed by atoms with Crippen LogP contribution >= 0.6 is 0 Å². The molecule has 0 spiro atoms. The standard InChI is InChI=1S/C14H22N2O3/c1-14(2,19-4)9-11(13(15)17)16-10-7-5-6-8-12(10)18-3/h5-8,11,16H,9H2,1-4H3,(H2,15,17). The number of nitrogens with two attached hydrogens (primary N) is 1. The maximum Gasteiger partial charge on any atom is 0.240 e. The van der Waals surface area contributed by atoms with Gasteiger partial charge in [0.2, 0.25) is 5.91 Å². The van der Waals surface area contributed by atoms with Crippen molar-refractivity contribution >= 4 is 11.6 Å². The third kappa shape index (κ3) is 4.44. The van der Waals surface area contributed by atoms with E-state index in [1.807, 2.05) is 38.1 Å². The minimum absolute atomic E-state index is 0.420. The second-order valence-corrected chi connectivity index (χ2v) is 4.97. The molecule has 3 N–H and O–H groups in total. The number of amides is 1. The Balaban J connectivity index is 2.87. The lowest BCUT2D eigenvalue weighted by Gasteiger charge is -2.28. The molecule has 106 valence electrons. The van der Waals surface area contributed by atoms with Crippen LogP contribution in [0, 0.1) is 0 Å². The van der Waals surface area contributed by atoms with Crippen molar-refractivity contribution in [3.05, 3.63) is 24.3 Å². The number of carbonyl (C=O) groups is 1. The Morgan fingerprint density at radius 1 is 1.37 bits per heavy atom. The number of hydrogen-bond acceptors (Lipinski definition) is 4. The van der Waals surface area contributed by atoms with Gasteiger partial charge in [-0.1, -0.05) is 12.1 Å². The van der Waals surface area contributed by atoms with Gasteiger partial charge in [0, 0.05) is 13.5 Å². The summed E-state index contributed by atoms with van der Waals surface area (Å²) in [6, 6.07) is 6.87. The number of ether oxygens (including phenoxy) is 2. The van der Waals surface area contributed by atoms with E-state index in [1.165, 1.54) is 0 Å². The molecule has 1 amide bonds. The van der Waals surface area contributed by atoms with E-state index in [1.54, 1.807) is 14.2 Å². The van der Waals surface area contributed by atoms with Crippen LogP contribution in [0.5, 0.6) is 5.75 Å². The number of carbonyl (C=O) groups excluding carboxylic acids is 1. The molecule has 0 saturated carbocycles. The quantitative estimate of drug-likeness (QED) is 0.789. The van der Waals surface area contributed by atoms with Crippen molar-refractivity contribution in [3.8, 4) is 5.75 Å². The number of benzene rings is 1. The van der Waals surface area contributed by atoms with Crippen molar-refractivity contribution in [2.75, 3.05) is 19.5 Å². The summed E-state index contributed by atoms with van der Waals surface area (Å²) in [4.78, 5) is 11.6. The normalized spacial score (nSPS) is 12.8. The molecule has 0 aliphatic rings. The third-order valence-corrected chi connectivity index (χ3v) is 3.03. The minimum Gasteiger partial charge on any atom is -0.495 e. The maximum absolute atomic E-state index is 11.6. The molecule has 0 bridgehead atoms. The summed E-state index contributed by atoms with van der Waals surface area (Å²) in [5.41, 5.74) is 5.74. The molecular weight excluding hydrogens is 244 g/mol. The van der Waals surface area contributed by atoms with Crippen molar-refractivity contribution in [1.82, 2.24) is 0 Å². The second-order valence-electron chi connectivity index (χ2n) is 4.97. The lowest BCUT2D eigenvalue weighted by Crippen LogP contribution is -2.41. The van der Waals surface area contributed by atoms with Crippen LogP contribution in [0.15, 0.2) is 24.3 Å². The molecular formula is C14H22N2O3. The van der Waals surface area contributed by atoms with E-state index in [9.17, 15) is 4.79 Å². The summed E-state index contributed by atoms with van der Waals surface area (Å²) in [7, 11) is 3.19. The average molecular weight is 266 g/mol. The van der Waals surface area contributed by atoms with E-state index in [2.05, 4.69) is 5.32 Å². The largest absolute Gasteiger partial charge is 0.495 e. The molecule has 1 unspecified atom stereocenters. The van der Waals surface area contributed by atoms with Crippen LogP contribution in [0.25, 0.3) is 0 Å². The zero-order valence-electron chi connectivity index (χ0n) is 11.9. The molecule has 1 aromatic carbocycles. The topological polar surface area (TPSA) is 73.6 Å². The zero-order valence-corrected chi connectivity index (χ0v) is 11.9. The molecule has 0 aliphatic heterocycles. The predicted molar refractivity (Wildman–Crippen MR) is 75.3 cm³/mol. The Labute approximate surface area is 114 Å². The number of methoxy groups -OCH3 is 2. The summed E-state index contributed by atoms with van der Waals surface area (Å²) in [6.45, 7) is 3.82. The molecule has 5 heteroatoms. The maximum atomic E-state index is 11.6. The van der Waals surface area contributed by atoms with Crippen molar-refractivity contribution in [2.24, 2.45) is 5.73 Å². The molecule has 1 rings (SSSR count). The minimum atomic E-state index is -0.522. The summed E-state index contributed by atoms with van der Waals surface area (Å²) in [5.74, 6) is 0.250. The number of anilines is 1. The van der Waals surface area contributed by atoms with Gasteiger partial charge < -0.3 is 20.5 Å². The van der Waals surface area contributed by atoms with E-state index in [0.29, 0.717) is 12.2 Å². The fraction of sp³-hybridized carbons (Fsp3) is 0.500. The van der Waals surface area contributed by atoms with Crippen molar-refractivity contribution in [3.63, 3.8) is 0 Å². The van der Waals surface area contributed by atoms with Crippen LogP contribution in [0.4, 0.5) is 5.69 Å². The lowest BCUT2D eigenvalue weighted by atomic mass is 9.98. The van der Waals surface area contributed by atoms with Gasteiger partial charge in [-0.2, -0.15) is 0 Å². The average Bonchev–Trinajstić information content (AvgIpc) is 2.38. The molecule has 0 aliphatic carbocycles. The smallest absolute Gasteiger partial charge is 0.240 e. The van der Waals surface area contributed by atoms with Gasteiger partial charge in [-0.3, -0.25) is 4.79 Å². The molecule has 5 nitrogen and oxygen atoms in total. The first-order valence-corrected chi connectivity index (χ1v) is 6.13. The molecule has 0 fully saturated rings. The van der Waals surface area contributed by atoms with Crippen LogP contribution in [0.3, 0.4) is 0 Å². The fourth-order valence-corrected chi connectivity index (χ4v) is 1.75. The summed E-state index contributed by atoms with van der Waals surface area (Å²) < 4.78 is 10.6. The van der Waals surface area contributed by atoms with Crippen LogP contribution in [0.2, 0.25) is 0 Å². The molecule has 0 aromatic heterocycles. The lowest BCUT2D eigenvalue weighted by molar-refractivity contribution is -0.120. The van der Waals surface area contributed by atoms with Gasteiger partial charge in [-0.05, 0) is 26.0 Å². The van der Waals surface area contributed by atoms with Gasteiger partial charge in [0.05, 0.1) is 18.4 Å². The first kappa shape index (κ1) is 15.3. The van der Waals surface area contributed by atoms with Crippen molar-refractivity contribution in [2.45, 2.75) is 31.9 Å². The monoisotopic (exact) mass is 266 g/mol. The van der Waals surface area contributed by atoms with Gasteiger partial charge in [-0.25, -0.2) is 0 Å². The molecule has 0 radical (unpaired) electrons. The Hall–Kier alpha value is -1.75. The molecule has 0 saturated heterocycles. The first-order valence-electron chi connectivity index (χ1n) is 6.13. The predicted octanol–water partition coefficient (Wildman–Crippen LogP) is 1.78. The Bertz CT molecular complexity index is 432. The zero-order chi connectivity index (χ0) is 14.5. The fourth-order valence-electron chi connectivity index (χ4n) is 1.75. The van der Waals surface area contributed by atoms with E-state index in [0.717, 1.165) is 5.69 Å². The molecule has 1 aromatic rings. The first-order chi connectivity index (χ1) is 8.89. The van der Waals surface area contributed by atoms with Crippen LogP contribution in [-0.4, -0.2) is 31.8 Å². The van der Waals surface area contributed by atoms with Gasteiger partial charge in [-0.15, -0.1) is 0 Å². The summed E-state index contributed by atoms with van der Waals surface area (Å²) in [6.07, 6.45) is 0.469. The van der Waals surface area contributed by atoms with E-state index in [-0.39, 0.29) is 0 Å². The summed E-state index contributed by atoms with van der Waals surface area (Å²) in [5, 5.41) is 3.11. The highest BCUT2D eigenvalue weighted by Gasteiger charge is 2.27. The number of para-hydroxylation sites is 2. The summed E-state index contributed by atoms with van der Waals surface area (Å²) >= 11 is 0. The van der Waals surface area contributed by atoms with Crippen LogP contribution in [0.1, 0.15) is 20.3 Å². The number of rotatable bonds is 7. The van der Waals surface area contributed by atoms with E-state index >= 15 is 0 Å².